The van der Waals surface area contributed by atoms with Crippen molar-refractivity contribution in [3.05, 3.63) is 89.5 Å². The molecule has 0 aromatic heterocycles. The van der Waals surface area contributed by atoms with Crippen molar-refractivity contribution in [1.29, 1.82) is 0 Å². The molecule has 0 aliphatic rings. The van der Waals surface area contributed by atoms with E-state index in [2.05, 4.69) is 15.4 Å². The van der Waals surface area contributed by atoms with Crippen LogP contribution in [0.4, 0.5) is 5.69 Å². The summed E-state index contributed by atoms with van der Waals surface area (Å²) in [6.07, 6.45) is 0. The van der Waals surface area contributed by atoms with Crippen LogP contribution in [0.25, 0.3) is 0 Å². The standard InChI is InChI=1S/C24H25N3O5S/c1-17-5-3-4-6-22(17)27-33(30,31)21-13-9-19(10-14-21)24(29)26-16-15-25-23(28)18-7-11-20(32-2)12-8-18/h3-14,27H,15-16H2,1-2H3,(H,25,28)(H,26,29). The zero-order valence-electron chi connectivity index (χ0n) is 18.3. The molecule has 0 aliphatic carbocycles. The van der Waals surface area contributed by atoms with Crippen molar-refractivity contribution in [3.63, 3.8) is 0 Å². The van der Waals surface area contributed by atoms with E-state index in [-0.39, 0.29) is 29.8 Å². The first-order valence-electron chi connectivity index (χ1n) is 10.2. The molecular formula is C24H25N3O5S. The van der Waals surface area contributed by atoms with Gasteiger partial charge >= 0.3 is 0 Å². The monoisotopic (exact) mass is 467 g/mol. The predicted octanol–water partition coefficient (Wildman–Crippen LogP) is 2.96. The van der Waals surface area contributed by atoms with E-state index in [0.717, 1.165) is 5.56 Å². The number of benzene rings is 3. The largest absolute Gasteiger partial charge is 0.497 e. The van der Waals surface area contributed by atoms with E-state index in [1.54, 1.807) is 43.5 Å². The molecule has 3 N–H and O–H groups in total. The van der Waals surface area contributed by atoms with Gasteiger partial charge in [-0.1, -0.05) is 18.2 Å². The predicted molar refractivity (Wildman–Crippen MR) is 126 cm³/mol. The molecule has 0 spiro atoms. The molecule has 0 atom stereocenters. The van der Waals surface area contributed by atoms with Gasteiger partial charge in [-0.3, -0.25) is 14.3 Å². The number of carbonyl (C=O) groups excluding carboxylic acids is 2. The maximum Gasteiger partial charge on any atom is 0.261 e. The Kier molecular flexibility index (Phi) is 7.68. The summed E-state index contributed by atoms with van der Waals surface area (Å²) in [5, 5.41) is 5.41. The number of para-hydroxylation sites is 1. The molecule has 8 nitrogen and oxygen atoms in total. The number of rotatable bonds is 9. The number of hydrogen-bond donors (Lipinski definition) is 3. The van der Waals surface area contributed by atoms with Gasteiger partial charge in [0.05, 0.1) is 17.7 Å². The van der Waals surface area contributed by atoms with Crippen LogP contribution in [0.15, 0.2) is 77.7 Å². The van der Waals surface area contributed by atoms with Gasteiger partial charge in [0.2, 0.25) is 0 Å². The van der Waals surface area contributed by atoms with Crippen molar-refractivity contribution in [2.24, 2.45) is 0 Å². The van der Waals surface area contributed by atoms with Crippen LogP contribution in [0.3, 0.4) is 0 Å². The summed E-state index contributed by atoms with van der Waals surface area (Å²) in [5.74, 6) is 0.0238. The minimum absolute atomic E-state index is 0.0501. The zero-order valence-corrected chi connectivity index (χ0v) is 19.1. The zero-order chi connectivity index (χ0) is 23.8. The van der Waals surface area contributed by atoms with Gasteiger partial charge in [0.1, 0.15) is 5.75 Å². The van der Waals surface area contributed by atoms with Crippen molar-refractivity contribution >= 4 is 27.5 Å². The number of carbonyl (C=O) groups is 2. The van der Waals surface area contributed by atoms with Crippen molar-refractivity contribution in [2.45, 2.75) is 11.8 Å². The van der Waals surface area contributed by atoms with E-state index in [0.29, 0.717) is 22.6 Å². The number of nitrogens with one attached hydrogen (secondary N) is 3. The van der Waals surface area contributed by atoms with E-state index in [4.69, 9.17) is 4.74 Å². The molecule has 0 radical (unpaired) electrons. The molecule has 0 saturated carbocycles. The van der Waals surface area contributed by atoms with Crippen molar-refractivity contribution in [1.82, 2.24) is 10.6 Å². The molecule has 33 heavy (non-hydrogen) atoms. The number of amides is 2. The third kappa shape index (κ3) is 6.33. The molecule has 0 heterocycles. The average molecular weight is 468 g/mol. The van der Waals surface area contributed by atoms with Crippen molar-refractivity contribution in [2.75, 3.05) is 24.9 Å². The summed E-state index contributed by atoms with van der Waals surface area (Å²) in [4.78, 5) is 24.5. The highest BCUT2D eigenvalue weighted by Crippen LogP contribution is 2.19. The van der Waals surface area contributed by atoms with Gasteiger partial charge in [0, 0.05) is 24.2 Å². The molecule has 0 bridgehead atoms. The Balaban J connectivity index is 1.50. The molecule has 9 heteroatoms. The lowest BCUT2D eigenvalue weighted by atomic mass is 10.2. The first-order chi connectivity index (χ1) is 15.8. The number of ether oxygens (including phenoxy) is 1. The van der Waals surface area contributed by atoms with Gasteiger partial charge in [-0.15, -0.1) is 0 Å². The Morgan fingerprint density at radius 2 is 1.30 bits per heavy atom. The summed E-state index contributed by atoms with van der Waals surface area (Å²) >= 11 is 0. The SMILES string of the molecule is COc1ccc(C(=O)NCCNC(=O)c2ccc(S(=O)(=O)Nc3ccccc3C)cc2)cc1. The van der Waals surface area contributed by atoms with E-state index in [1.807, 2.05) is 19.1 Å². The molecule has 172 valence electrons. The van der Waals surface area contributed by atoms with Crippen LogP contribution in [-0.2, 0) is 10.0 Å². The second-order valence-electron chi connectivity index (χ2n) is 7.19. The summed E-state index contributed by atoms with van der Waals surface area (Å²) in [6.45, 7) is 2.27. The number of anilines is 1. The van der Waals surface area contributed by atoms with Gasteiger partial charge in [-0.2, -0.15) is 0 Å². The minimum Gasteiger partial charge on any atom is -0.497 e. The Morgan fingerprint density at radius 1 is 0.788 bits per heavy atom. The van der Waals surface area contributed by atoms with Crippen LogP contribution in [0, 0.1) is 6.92 Å². The maximum atomic E-state index is 12.6. The molecule has 3 aromatic rings. The van der Waals surface area contributed by atoms with E-state index >= 15 is 0 Å². The molecule has 0 unspecified atom stereocenters. The van der Waals surface area contributed by atoms with Crippen molar-refractivity contribution in [3.8, 4) is 5.75 Å². The number of sulfonamides is 1. The second kappa shape index (κ2) is 10.6. The third-order valence-electron chi connectivity index (χ3n) is 4.86. The topological polar surface area (TPSA) is 114 Å². The quantitative estimate of drug-likeness (QED) is 0.419. The fourth-order valence-corrected chi connectivity index (χ4v) is 4.11. The third-order valence-corrected chi connectivity index (χ3v) is 6.25. The normalized spacial score (nSPS) is 10.8. The first-order valence-corrected chi connectivity index (χ1v) is 11.7. The van der Waals surface area contributed by atoms with Crippen LogP contribution in [0.5, 0.6) is 5.75 Å². The van der Waals surface area contributed by atoms with Crippen LogP contribution >= 0.6 is 0 Å². The Hall–Kier alpha value is -3.85. The molecule has 3 aromatic carbocycles. The summed E-state index contributed by atoms with van der Waals surface area (Å²) in [5.41, 5.74) is 2.09. The lowest BCUT2D eigenvalue weighted by molar-refractivity contribution is 0.0927. The number of methoxy groups -OCH3 is 1. The van der Waals surface area contributed by atoms with Gasteiger partial charge in [-0.05, 0) is 67.1 Å². The van der Waals surface area contributed by atoms with Crippen LogP contribution in [0.1, 0.15) is 26.3 Å². The van der Waals surface area contributed by atoms with E-state index in [9.17, 15) is 18.0 Å². The second-order valence-corrected chi connectivity index (χ2v) is 8.87. The van der Waals surface area contributed by atoms with Gasteiger partial charge in [0.25, 0.3) is 21.8 Å². The fourth-order valence-electron chi connectivity index (χ4n) is 2.98. The first kappa shape index (κ1) is 23.8. The summed E-state index contributed by atoms with van der Waals surface area (Å²) in [7, 11) is -2.23. The van der Waals surface area contributed by atoms with E-state index in [1.165, 1.54) is 24.3 Å². The minimum atomic E-state index is -3.78. The Morgan fingerprint density at radius 3 is 1.82 bits per heavy atom. The van der Waals surface area contributed by atoms with Gasteiger partial charge in [-0.25, -0.2) is 8.42 Å². The van der Waals surface area contributed by atoms with Gasteiger partial charge < -0.3 is 15.4 Å². The molecular weight excluding hydrogens is 442 g/mol. The molecule has 2 amide bonds. The Labute approximate surface area is 193 Å². The summed E-state index contributed by atoms with van der Waals surface area (Å²) < 4.78 is 32.8. The Bertz CT molecular complexity index is 1220. The lowest BCUT2D eigenvalue weighted by Gasteiger charge is -2.11. The van der Waals surface area contributed by atoms with Crippen molar-refractivity contribution < 1.29 is 22.7 Å². The van der Waals surface area contributed by atoms with E-state index < -0.39 is 10.0 Å². The maximum absolute atomic E-state index is 12.6. The number of hydrogen-bond acceptors (Lipinski definition) is 5. The molecule has 0 fully saturated rings. The van der Waals surface area contributed by atoms with Gasteiger partial charge in [0.15, 0.2) is 0 Å². The molecule has 3 rings (SSSR count). The highest BCUT2D eigenvalue weighted by molar-refractivity contribution is 7.92. The molecule has 0 saturated heterocycles. The molecule has 0 aliphatic heterocycles. The fraction of sp³-hybridized carbons (Fsp3) is 0.167. The number of aryl methyl sites for hydroxylation is 1. The summed E-state index contributed by atoms with van der Waals surface area (Å²) in [6, 6.07) is 19.4. The highest BCUT2D eigenvalue weighted by atomic mass is 32.2. The van der Waals surface area contributed by atoms with Crippen LogP contribution in [0.2, 0.25) is 0 Å². The highest BCUT2D eigenvalue weighted by Gasteiger charge is 2.16. The average Bonchev–Trinajstić information content (AvgIpc) is 2.83. The van der Waals surface area contributed by atoms with Crippen LogP contribution < -0.4 is 20.1 Å². The lowest BCUT2D eigenvalue weighted by Crippen LogP contribution is -2.34. The smallest absolute Gasteiger partial charge is 0.261 e. The van der Waals surface area contributed by atoms with Crippen LogP contribution in [-0.4, -0.2) is 40.4 Å².